The molecule has 0 heteroatoms. The normalized spacial score (nSPS) is 26.2. The first kappa shape index (κ1) is 10.1. The second-order valence-electron chi connectivity index (χ2n) is 4.07. The molecule has 12 heavy (non-hydrogen) atoms. The molecule has 0 N–H and O–H groups in total. The third-order valence-electron chi connectivity index (χ3n) is 3.07. The molecule has 67 valence electrons. The third kappa shape index (κ3) is 1.41. The Bertz CT molecular complexity index is 134. The van der Waals surface area contributed by atoms with Crippen molar-refractivity contribution in [2.24, 2.45) is 5.92 Å². The summed E-state index contributed by atoms with van der Waals surface area (Å²) in [5.41, 5.74) is 0. The van der Waals surface area contributed by atoms with Crippen LogP contribution in [-0.4, -0.2) is 0 Å². The summed E-state index contributed by atoms with van der Waals surface area (Å²) in [6, 6.07) is 0. The molecule has 1 aliphatic carbocycles. The van der Waals surface area contributed by atoms with Crippen LogP contribution in [0, 0.1) is 35.5 Å². The zero-order valence-electron chi connectivity index (χ0n) is 9.08. The molecule has 0 aromatic rings. The summed E-state index contributed by atoms with van der Waals surface area (Å²) in [6.45, 7) is 13.5. The second kappa shape index (κ2) is 3.40. The van der Waals surface area contributed by atoms with Crippen LogP contribution in [0.5, 0.6) is 0 Å². The summed E-state index contributed by atoms with van der Waals surface area (Å²) in [4.78, 5) is 0. The van der Waals surface area contributed by atoms with Gasteiger partial charge in [-0.2, -0.15) is 0 Å². The van der Waals surface area contributed by atoms with Crippen molar-refractivity contribution in [1.29, 1.82) is 0 Å². The average molecular weight is 163 g/mol. The van der Waals surface area contributed by atoms with Gasteiger partial charge in [0.25, 0.3) is 0 Å². The summed E-state index contributed by atoms with van der Waals surface area (Å²) >= 11 is 0. The monoisotopic (exact) mass is 163 g/mol. The molecule has 0 atom stereocenters. The molecule has 0 heterocycles. The van der Waals surface area contributed by atoms with E-state index in [-0.39, 0.29) is 0 Å². The van der Waals surface area contributed by atoms with Crippen LogP contribution in [-0.2, 0) is 0 Å². The zero-order valence-corrected chi connectivity index (χ0v) is 9.08. The molecule has 0 aromatic carbocycles. The highest BCUT2D eigenvalue weighted by Crippen LogP contribution is 2.54. The maximum atomic E-state index is 2.27. The minimum atomic E-state index is 0.664. The number of hydrogen-bond donors (Lipinski definition) is 0. The van der Waals surface area contributed by atoms with Crippen molar-refractivity contribution < 1.29 is 0 Å². The van der Waals surface area contributed by atoms with E-state index in [4.69, 9.17) is 0 Å². The van der Waals surface area contributed by atoms with Crippen molar-refractivity contribution in [3.8, 4) is 0 Å². The highest BCUT2D eigenvalue weighted by atomic mass is 14.5. The molecule has 1 rings (SSSR count). The van der Waals surface area contributed by atoms with Crippen molar-refractivity contribution >= 4 is 0 Å². The molecule has 0 bridgehead atoms. The Balaban J connectivity index is 2.76. The van der Waals surface area contributed by atoms with Crippen LogP contribution in [0.1, 0.15) is 41.5 Å². The Labute approximate surface area is 77.7 Å². The molecule has 0 aromatic heterocycles. The smallest absolute Gasteiger partial charge is 0.00741 e. The number of rotatable bonds is 1. The van der Waals surface area contributed by atoms with E-state index in [1.165, 1.54) is 23.7 Å². The Hall–Kier alpha value is 0. The zero-order chi connectivity index (χ0) is 9.46. The fourth-order valence-corrected chi connectivity index (χ4v) is 2.11. The highest BCUT2D eigenvalue weighted by Gasteiger charge is 2.44. The van der Waals surface area contributed by atoms with E-state index in [2.05, 4.69) is 41.5 Å². The molecular formula is C12H19. The molecular weight excluding hydrogens is 144 g/mol. The van der Waals surface area contributed by atoms with Gasteiger partial charge in [-0.15, -0.1) is 0 Å². The molecule has 1 aliphatic rings. The number of hydrogen-bond acceptors (Lipinski definition) is 0. The van der Waals surface area contributed by atoms with Gasteiger partial charge in [0, 0.05) is 0 Å². The van der Waals surface area contributed by atoms with Gasteiger partial charge in [0.05, 0.1) is 0 Å². The Kier molecular flexibility index (Phi) is 2.85. The van der Waals surface area contributed by atoms with Gasteiger partial charge in [0.15, 0.2) is 0 Å². The summed E-state index contributed by atoms with van der Waals surface area (Å²) in [5, 5.41) is 0. The van der Waals surface area contributed by atoms with E-state index in [0.717, 1.165) is 0 Å². The summed E-state index contributed by atoms with van der Waals surface area (Å²) in [6.07, 6.45) is 0. The fraction of sp³-hybridized carbons (Fsp3) is 0.583. The van der Waals surface area contributed by atoms with Gasteiger partial charge in [-0.25, -0.2) is 0 Å². The lowest BCUT2D eigenvalue weighted by atomic mass is 9.81. The Morgan fingerprint density at radius 2 is 1.00 bits per heavy atom. The molecule has 0 aliphatic heterocycles. The van der Waals surface area contributed by atoms with Crippen molar-refractivity contribution in [2.75, 3.05) is 0 Å². The molecule has 1 saturated carbocycles. The largest absolute Gasteiger partial charge is 0.0622 e. The van der Waals surface area contributed by atoms with Crippen molar-refractivity contribution in [3.05, 3.63) is 29.6 Å². The standard InChI is InChI=1S/C12H19/c1-7(2)12-10(5)8(3)9(4)11(12)6/h7H,1-6H3. The lowest BCUT2D eigenvalue weighted by Gasteiger charge is -2.23. The Morgan fingerprint density at radius 1 is 0.667 bits per heavy atom. The summed E-state index contributed by atoms with van der Waals surface area (Å²) < 4.78 is 0. The molecule has 0 nitrogen and oxygen atoms in total. The molecule has 0 unspecified atom stereocenters. The van der Waals surface area contributed by atoms with Crippen LogP contribution < -0.4 is 0 Å². The first-order valence-corrected chi connectivity index (χ1v) is 4.69. The maximum absolute atomic E-state index is 2.27. The van der Waals surface area contributed by atoms with Crippen molar-refractivity contribution in [3.63, 3.8) is 0 Å². The van der Waals surface area contributed by atoms with E-state index in [1.807, 2.05) is 0 Å². The molecule has 0 spiro atoms. The van der Waals surface area contributed by atoms with Crippen LogP contribution >= 0.6 is 0 Å². The fourth-order valence-electron chi connectivity index (χ4n) is 2.11. The first-order valence-electron chi connectivity index (χ1n) is 4.69. The minimum absolute atomic E-state index is 0.664. The van der Waals surface area contributed by atoms with E-state index in [1.54, 1.807) is 5.92 Å². The molecule has 1 fully saturated rings. The van der Waals surface area contributed by atoms with Gasteiger partial charge < -0.3 is 0 Å². The van der Waals surface area contributed by atoms with E-state index >= 15 is 0 Å². The SMILES string of the molecule is C[C]1[C](C)[C](C)[C](C(C)C)[C]1C. The predicted molar refractivity (Wildman–Crippen MR) is 53.7 cm³/mol. The lowest BCUT2D eigenvalue weighted by molar-refractivity contribution is 0.654. The maximum Gasteiger partial charge on any atom is -0.00741 e. The Morgan fingerprint density at radius 3 is 1.17 bits per heavy atom. The van der Waals surface area contributed by atoms with Crippen molar-refractivity contribution in [2.45, 2.75) is 41.5 Å². The van der Waals surface area contributed by atoms with Gasteiger partial charge in [-0.05, 0) is 35.5 Å². The lowest BCUT2D eigenvalue weighted by Crippen LogP contribution is -2.13. The van der Waals surface area contributed by atoms with Gasteiger partial charge in [-0.3, -0.25) is 0 Å². The molecule has 0 saturated heterocycles. The predicted octanol–water partition coefficient (Wildman–Crippen LogP) is 3.61. The quantitative estimate of drug-likeness (QED) is 0.554. The van der Waals surface area contributed by atoms with Crippen molar-refractivity contribution in [1.82, 2.24) is 0 Å². The van der Waals surface area contributed by atoms with Gasteiger partial charge in [-0.1, -0.05) is 41.5 Å². The van der Waals surface area contributed by atoms with Crippen LogP contribution in [0.3, 0.4) is 0 Å². The van der Waals surface area contributed by atoms with Crippen LogP contribution in [0.4, 0.5) is 0 Å². The van der Waals surface area contributed by atoms with Gasteiger partial charge in [0.2, 0.25) is 0 Å². The summed E-state index contributed by atoms with van der Waals surface area (Å²) in [5.74, 6) is 8.19. The topological polar surface area (TPSA) is 0 Å². The molecule has 0 amide bonds. The third-order valence-corrected chi connectivity index (χ3v) is 3.07. The van der Waals surface area contributed by atoms with E-state index in [9.17, 15) is 0 Å². The van der Waals surface area contributed by atoms with E-state index in [0.29, 0.717) is 5.92 Å². The highest BCUT2D eigenvalue weighted by molar-refractivity contribution is 5.59. The summed E-state index contributed by atoms with van der Waals surface area (Å²) in [7, 11) is 0. The van der Waals surface area contributed by atoms with Crippen LogP contribution in [0.25, 0.3) is 0 Å². The van der Waals surface area contributed by atoms with E-state index < -0.39 is 0 Å². The van der Waals surface area contributed by atoms with Crippen LogP contribution in [0.15, 0.2) is 0 Å². The first-order chi connectivity index (χ1) is 5.46. The van der Waals surface area contributed by atoms with Crippen LogP contribution in [0.2, 0.25) is 0 Å². The average Bonchev–Trinajstić information content (AvgIpc) is 2.16. The second-order valence-corrected chi connectivity index (χ2v) is 4.07. The molecule has 5 radical (unpaired) electrons. The van der Waals surface area contributed by atoms with Gasteiger partial charge in [0.1, 0.15) is 0 Å². The minimum Gasteiger partial charge on any atom is -0.0622 e. The van der Waals surface area contributed by atoms with Gasteiger partial charge >= 0.3 is 0 Å².